The Hall–Kier alpha value is -2.10. The second-order valence-electron chi connectivity index (χ2n) is 7.12. The van der Waals surface area contributed by atoms with Crippen molar-refractivity contribution >= 4 is 50.9 Å². The summed E-state index contributed by atoms with van der Waals surface area (Å²) in [4.78, 5) is 17.5. The summed E-state index contributed by atoms with van der Waals surface area (Å²) in [5.74, 6) is 2.10. The molecular formula is C22H25N5OS3. The van der Waals surface area contributed by atoms with Crippen LogP contribution in [0.5, 0.6) is 0 Å². The highest BCUT2D eigenvalue weighted by Gasteiger charge is 2.18. The van der Waals surface area contributed by atoms with Crippen molar-refractivity contribution in [2.45, 2.75) is 56.0 Å². The van der Waals surface area contributed by atoms with Crippen molar-refractivity contribution in [1.82, 2.24) is 24.3 Å². The molecule has 162 valence electrons. The predicted octanol–water partition coefficient (Wildman–Crippen LogP) is 5.61. The molecule has 4 rings (SSSR count). The van der Waals surface area contributed by atoms with E-state index in [1.54, 1.807) is 23.1 Å². The molecule has 0 spiro atoms. The average molecular weight is 472 g/mol. The number of carbonyl (C=O) groups is 1. The van der Waals surface area contributed by atoms with Crippen molar-refractivity contribution in [1.29, 1.82) is 0 Å². The average Bonchev–Trinajstić information content (AvgIpc) is 3.44. The standard InChI is InChI=1S/C22H25N5OS3/c1-5-26-14(3)11-16(15(26)4)18(28)12-29-21-25-24-20(27(21)6-2)13-30-22-23-17-9-7-8-10-19(17)31-22/h7-11H,5-6,12-13H2,1-4H3. The molecule has 0 fully saturated rings. The minimum Gasteiger partial charge on any atom is -0.349 e. The molecule has 9 heteroatoms. The topological polar surface area (TPSA) is 65.6 Å². The van der Waals surface area contributed by atoms with Crippen LogP contribution in [0.15, 0.2) is 39.8 Å². The Morgan fingerprint density at radius 1 is 1.06 bits per heavy atom. The predicted molar refractivity (Wildman–Crippen MR) is 130 cm³/mol. The van der Waals surface area contributed by atoms with Crippen LogP contribution in [-0.4, -0.2) is 35.9 Å². The number of thioether (sulfide) groups is 2. The number of Topliss-reactive ketones (excluding diaryl/α,β-unsaturated/α-hetero) is 1. The molecule has 0 radical (unpaired) electrons. The maximum atomic E-state index is 12.8. The molecule has 0 amide bonds. The Labute approximate surface area is 194 Å². The van der Waals surface area contributed by atoms with Gasteiger partial charge in [0.15, 0.2) is 15.3 Å². The molecule has 0 saturated heterocycles. The smallest absolute Gasteiger partial charge is 0.191 e. The lowest BCUT2D eigenvalue weighted by atomic mass is 10.2. The minimum atomic E-state index is 0.133. The van der Waals surface area contributed by atoms with Crippen LogP contribution in [0, 0.1) is 13.8 Å². The number of thiazole rings is 1. The van der Waals surface area contributed by atoms with E-state index in [-0.39, 0.29) is 5.78 Å². The lowest BCUT2D eigenvalue weighted by Gasteiger charge is -2.07. The van der Waals surface area contributed by atoms with Crippen molar-refractivity contribution in [2.24, 2.45) is 0 Å². The van der Waals surface area contributed by atoms with E-state index >= 15 is 0 Å². The number of ketones is 1. The van der Waals surface area contributed by atoms with E-state index in [4.69, 9.17) is 0 Å². The van der Waals surface area contributed by atoms with Gasteiger partial charge in [0.2, 0.25) is 0 Å². The first-order valence-electron chi connectivity index (χ1n) is 10.2. The first-order valence-corrected chi connectivity index (χ1v) is 13.0. The molecule has 0 aliphatic carbocycles. The van der Waals surface area contributed by atoms with Gasteiger partial charge in [-0.05, 0) is 45.9 Å². The summed E-state index contributed by atoms with van der Waals surface area (Å²) in [6, 6.07) is 10.2. The summed E-state index contributed by atoms with van der Waals surface area (Å²) >= 11 is 4.84. The lowest BCUT2D eigenvalue weighted by molar-refractivity contribution is 0.102. The van der Waals surface area contributed by atoms with E-state index in [1.165, 1.54) is 16.5 Å². The largest absolute Gasteiger partial charge is 0.349 e. The van der Waals surface area contributed by atoms with Gasteiger partial charge >= 0.3 is 0 Å². The lowest BCUT2D eigenvalue weighted by Crippen LogP contribution is -2.07. The number of rotatable bonds is 9. The van der Waals surface area contributed by atoms with Crippen molar-refractivity contribution in [2.75, 3.05) is 5.75 Å². The van der Waals surface area contributed by atoms with Crippen LogP contribution < -0.4 is 0 Å². The number of nitrogens with zero attached hydrogens (tertiary/aromatic N) is 5. The second kappa shape index (κ2) is 9.58. The van der Waals surface area contributed by atoms with Crippen molar-refractivity contribution < 1.29 is 4.79 Å². The molecule has 0 atom stereocenters. The molecule has 6 nitrogen and oxygen atoms in total. The Morgan fingerprint density at radius 3 is 2.55 bits per heavy atom. The molecule has 31 heavy (non-hydrogen) atoms. The fourth-order valence-electron chi connectivity index (χ4n) is 3.67. The minimum absolute atomic E-state index is 0.133. The Balaban J connectivity index is 1.42. The van der Waals surface area contributed by atoms with Crippen LogP contribution in [-0.2, 0) is 18.8 Å². The molecule has 1 aromatic carbocycles. The van der Waals surface area contributed by atoms with Gasteiger partial charge in [-0.1, -0.05) is 35.7 Å². The zero-order valence-electron chi connectivity index (χ0n) is 18.1. The first kappa shape index (κ1) is 22.1. The van der Waals surface area contributed by atoms with Crippen LogP contribution in [0.1, 0.15) is 41.4 Å². The number of aryl methyl sites for hydroxylation is 1. The number of hydrogen-bond acceptors (Lipinski definition) is 7. The molecule has 0 saturated carbocycles. The summed E-state index contributed by atoms with van der Waals surface area (Å²) in [6.45, 7) is 9.88. The highest BCUT2D eigenvalue weighted by atomic mass is 32.2. The van der Waals surface area contributed by atoms with E-state index in [0.717, 1.165) is 50.9 Å². The third-order valence-electron chi connectivity index (χ3n) is 5.23. The molecule has 4 aromatic rings. The van der Waals surface area contributed by atoms with E-state index in [9.17, 15) is 4.79 Å². The Morgan fingerprint density at radius 2 is 1.84 bits per heavy atom. The fraction of sp³-hybridized carbons (Fsp3) is 0.364. The maximum absolute atomic E-state index is 12.8. The van der Waals surface area contributed by atoms with E-state index in [0.29, 0.717) is 11.5 Å². The third-order valence-corrected chi connectivity index (χ3v) is 8.37. The normalized spacial score (nSPS) is 11.5. The molecular weight excluding hydrogens is 446 g/mol. The van der Waals surface area contributed by atoms with Crippen molar-refractivity contribution in [3.05, 3.63) is 53.1 Å². The van der Waals surface area contributed by atoms with Crippen LogP contribution in [0.2, 0.25) is 0 Å². The second-order valence-corrected chi connectivity index (χ2v) is 10.3. The van der Waals surface area contributed by atoms with Gasteiger partial charge in [0, 0.05) is 30.0 Å². The maximum Gasteiger partial charge on any atom is 0.191 e. The van der Waals surface area contributed by atoms with Gasteiger partial charge in [-0.15, -0.1) is 21.5 Å². The van der Waals surface area contributed by atoms with Crippen molar-refractivity contribution in [3.63, 3.8) is 0 Å². The fourth-order valence-corrected chi connectivity index (χ4v) is 6.58. The van der Waals surface area contributed by atoms with Crippen LogP contribution in [0.3, 0.4) is 0 Å². The number of fused-ring (bicyclic) bond motifs is 1. The molecule has 0 aliphatic heterocycles. The quantitative estimate of drug-likeness (QED) is 0.233. The molecule has 0 bridgehead atoms. The number of para-hydroxylation sites is 1. The van der Waals surface area contributed by atoms with Gasteiger partial charge in [0.25, 0.3) is 0 Å². The highest BCUT2D eigenvalue weighted by Crippen LogP contribution is 2.31. The molecule has 0 N–H and O–H groups in total. The molecule has 0 unspecified atom stereocenters. The summed E-state index contributed by atoms with van der Waals surface area (Å²) in [7, 11) is 0. The molecule has 3 heterocycles. The van der Waals surface area contributed by atoms with Crippen LogP contribution >= 0.6 is 34.9 Å². The van der Waals surface area contributed by atoms with Crippen LogP contribution in [0.25, 0.3) is 10.2 Å². The molecule has 0 aliphatic rings. The first-order chi connectivity index (χ1) is 15.0. The summed E-state index contributed by atoms with van der Waals surface area (Å²) in [5.41, 5.74) is 4.00. The van der Waals surface area contributed by atoms with Gasteiger partial charge in [0.1, 0.15) is 5.82 Å². The zero-order valence-corrected chi connectivity index (χ0v) is 20.5. The van der Waals surface area contributed by atoms with Gasteiger partial charge < -0.3 is 9.13 Å². The number of carbonyl (C=O) groups excluding carboxylic acids is 1. The van der Waals surface area contributed by atoms with Crippen LogP contribution in [0.4, 0.5) is 0 Å². The van der Waals surface area contributed by atoms with Gasteiger partial charge in [-0.25, -0.2) is 4.98 Å². The third kappa shape index (κ3) is 4.58. The monoisotopic (exact) mass is 471 g/mol. The number of aromatic nitrogens is 5. The SMILES string of the molecule is CCn1c(CSc2nc3ccccc3s2)nnc1SCC(=O)c1cc(C)n(CC)c1C. The number of benzene rings is 1. The molecule has 3 aromatic heterocycles. The van der Waals surface area contributed by atoms with E-state index < -0.39 is 0 Å². The summed E-state index contributed by atoms with van der Waals surface area (Å²) in [5, 5.41) is 9.54. The summed E-state index contributed by atoms with van der Waals surface area (Å²) in [6.07, 6.45) is 0. The number of hydrogen-bond donors (Lipinski definition) is 0. The highest BCUT2D eigenvalue weighted by molar-refractivity contribution is 8.00. The van der Waals surface area contributed by atoms with Gasteiger partial charge in [0.05, 0.1) is 21.7 Å². The summed E-state index contributed by atoms with van der Waals surface area (Å²) < 4.78 is 6.49. The Kier molecular flexibility index (Phi) is 6.83. The van der Waals surface area contributed by atoms with Gasteiger partial charge in [-0.2, -0.15) is 0 Å². The van der Waals surface area contributed by atoms with Crippen molar-refractivity contribution in [3.8, 4) is 0 Å². The van der Waals surface area contributed by atoms with Gasteiger partial charge in [-0.3, -0.25) is 4.79 Å². The van der Waals surface area contributed by atoms with E-state index in [2.05, 4.69) is 44.2 Å². The Bertz CT molecular complexity index is 1190. The van der Waals surface area contributed by atoms with E-state index in [1.807, 2.05) is 38.1 Å². The zero-order chi connectivity index (χ0) is 22.0.